The summed E-state index contributed by atoms with van der Waals surface area (Å²) in [4.78, 5) is 10.9. The van der Waals surface area contributed by atoms with Gasteiger partial charge in [0.2, 0.25) is 11.8 Å². The molecule has 0 bridgehead atoms. The lowest BCUT2D eigenvalue weighted by atomic mass is 10.2. The maximum absolute atomic E-state index is 10.9. The molecule has 1 aromatic rings. The van der Waals surface area contributed by atoms with Gasteiger partial charge in [0, 0.05) is 19.8 Å². The molecule has 0 saturated heterocycles. The number of hydrogen-bond acceptors (Lipinski definition) is 5. The number of aromatic nitrogens is 2. The minimum atomic E-state index is -0.177. The highest BCUT2D eigenvalue weighted by atomic mass is 16.5. The smallest absolute Gasteiger partial charge is 0.305 e. The van der Waals surface area contributed by atoms with Gasteiger partial charge in [0.1, 0.15) is 0 Å². The molecule has 0 radical (unpaired) electrons. The quantitative estimate of drug-likeness (QED) is 0.666. The lowest BCUT2D eigenvalue weighted by Gasteiger charge is -1.99. The molecule has 0 spiro atoms. The summed E-state index contributed by atoms with van der Waals surface area (Å²) in [5, 5.41) is 7.51. The van der Waals surface area contributed by atoms with Gasteiger partial charge in [0.05, 0.1) is 6.61 Å². The fourth-order valence-corrected chi connectivity index (χ4v) is 1.06. The number of carbonyl (C=O) groups excluding carboxylic acids is 1. The third kappa shape index (κ3) is 3.55. The van der Waals surface area contributed by atoms with Crippen molar-refractivity contribution in [1.82, 2.24) is 10.2 Å². The van der Waals surface area contributed by atoms with Gasteiger partial charge in [0.25, 0.3) is 0 Å². The van der Waals surface area contributed by atoms with Crippen LogP contribution in [0.5, 0.6) is 0 Å². The monoisotopic (exact) mass is 198 g/mol. The van der Waals surface area contributed by atoms with Gasteiger partial charge in [-0.3, -0.25) is 4.79 Å². The van der Waals surface area contributed by atoms with Crippen LogP contribution in [0.2, 0.25) is 0 Å². The largest absolute Gasteiger partial charge is 0.466 e. The molecule has 0 aliphatic rings. The topological polar surface area (TPSA) is 65.2 Å². The maximum atomic E-state index is 10.9. The molecule has 0 atom stereocenters. The molecule has 1 rings (SSSR count). The van der Waals surface area contributed by atoms with Crippen LogP contribution in [0.4, 0.5) is 0 Å². The van der Waals surface area contributed by atoms with Crippen LogP contribution < -0.4 is 0 Å². The van der Waals surface area contributed by atoms with E-state index in [4.69, 9.17) is 9.15 Å². The minimum Gasteiger partial charge on any atom is -0.466 e. The Morgan fingerprint density at radius 2 is 2.29 bits per heavy atom. The molecule has 0 amide bonds. The van der Waals surface area contributed by atoms with Crippen molar-refractivity contribution >= 4 is 5.97 Å². The first-order valence-electron chi connectivity index (χ1n) is 4.67. The molecule has 1 aromatic heterocycles. The number of nitrogens with zero attached hydrogens (tertiary/aromatic N) is 2. The standard InChI is InChI=1S/C9H14N2O3/c1-3-13-9(12)6-4-5-8-11-10-7(2)14-8/h3-6H2,1-2H3. The van der Waals surface area contributed by atoms with E-state index < -0.39 is 0 Å². The Kier molecular flexibility index (Phi) is 4.10. The summed E-state index contributed by atoms with van der Waals surface area (Å²) in [5.74, 6) is 0.951. The van der Waals surface area contributed by atoms with Gasteiger partial charge in [-0.2, -0.15) is 0 Å². The lowest BCUT2D eigenvalue weighted by molar-refractivity contribution is -0.143. The molecule has 0 fully saturated rings. The van der Waals surface area contributed by atoms with Crippen LogP contribution in [0.3, 0.4) is 0 Å². The Balaban J connectivity index is 2.18. The highest BCUT2D eigenvalue weighted by Crippen LogP contribution is 2.04. The fraction of sp³-hybridized carbons (Fsp3) is 0.667. The lowest BCUT2D eigenvalue weighted by Crippen LogP contribution is -2.04. The number of carbonyl (C=O) groups is 1. The van der Waals surface area contributed by atoms with Crippen molar-refractivity contribution in [3.8, 4) is 0 Å². The van der Waals surface area contributed by atoms with Gasteiger partial charge in [-0.05, 0) is 13.3 Å². The normalized spacial score (nSPS) is 10.1. The van der Waals surface area contributed by atoms with E-state index in [0.29, 0.717) is 37.7 Å². The molecule has 0 aliphatic carbocycles. The van der Waals surface area contributed by atoms with Crippen LogP contribution in [-0.4, -0.2) is 22.8 Å². The van der Waals surface area contributed by atoms with Crippen molar-refractivity contribution in [2.75, 3.05) is 6.61 Å². The summed E-state index contributed by atoms with van der Waals surface area (Å²) >= 11 is 0. The second-order valence-corrected chi connectivity index (χ2v) is 2.87. The maximum Gasteiger partial charge on any atom is 0.305 e. The van der Waals surface area contributed by atoms with Gasteiger partial charge >= 0.3 is 5.97 Å². The molecule has 0 aromatic carbocycles. The molecule has 0 aliphatic heterocycles. The average Bonchev–Trinajstić information content (AvgIpc) is 2.52. The van der Waals surface area contributed by atoms with Crippen molar-refractivity contribution in [1.29, 1.82) is 0 Å². The van der Waals surface area contributed by atoms with Crippen molar-refractivity contribution in [3.63, 3.8) is 0 Å². The van der Waals surface area contributed by atoms with E-state index in [1.807, 2.05) is 0 Å². The number of aryl methyl sites for hydroxylation is 2. The van der Waals surface area contributed by atoms with Gasteiger partial charge in [-0.25, -0.2) is 0 Å². The summed E-state index contributed by atoms with van der Waals surface area (Å²) in [6, 6.07) is 0. The van der Waals surface area contributed by atoms with Gasteiger partial charge < -0.3 is 9.15 Å². The predicted octanol–water partition coefficient (Wildman–Crippen LogP) is 1.26. The van der Waals surface area contributed by atoms with Crippen molar-refractivity contribution in [2.24, 2.45) is 0 Å². The third-order valence-corrected chi connectivity index (χ3v) is 1.64. The minimum absolute atomic E-state index is 0.177. The van der Waals surface area contributed by atoms with Crippen molar-refractivity contribution in [3.05, 3.63) is 11.8 Å². The Labute approximate surface area is 82.5 Å². The van der Waals surface area contributed by atoms with Crippen LogP contribution in [-0.2, 0) is 16.0 Å². The Morgan fingerprint density at radius 1 is 1.50 bits per heavy atom. The third-order valence-electron chi connectivity index (χ3n) is 1.64. The number of esters is 1. The molecule has 14 heavy (non-hydrogen) atoms. The first-order valence-corrected chi connectivity index (χ1v) is 4.67. The van der Waals surface area contributed by atoms with Crippen LogP contribution >= 0.6 is 0 Å². The molecule has 0 saturated carbocycles. The summed E-state index contributed by atoms with van der Waals surface area (Å²) in [5.41, 5.74) is 0. The first kappa shape index (κ1) is 10.7. The van der Waals surface area contributed by atoms with E-state index in [2.05, 4.69) is 10.2 Å². The summed E-state index contributed by atoms with van der Waals surface area (Å²) in [6.07, 6.45) is 1.70. The molecule has 5 heteroatoms. The first-order chi connectivity index (χ1) is 6.72. The van der Waals surface area contributed by atoms with Gasteiger partial charge in [0.15, 0.2) is 0 Å². The van der Waals surface area contributed by atoms with Crippen LogP contribution in [0.1, 0.15) is 31.5 Å². The van der Waals surface area contributed by atoms with E-state index in [9.17, 15) is 4.79 Å². The average molecular weight is 198 g/mol. The van der Waals surface area contributed by atoms with Crippen molar-refractivity contribution < 1.29 is 13.9 Å². The molecular weight excluding hydrogens is 184 g/mol. The van der Waals surface area contributed by atoms with E-state index in [0.717, 1.165) is 0 Å². The summed E-state index contributed by atoms with van der Waals surface area (Å²) in [6.45, 7) is 3.96. The number of rotatable bonds is 5. The highest BCUT2D eigenvalue weighted by molar-refractivity contribution is 5.69. The fourth-order valence-electron chi connectivity index (χ4n) is 1.06. The van der Waals surface area contributed by atoms with Gasteiger partial charge in [-0.1, -0.05) is 0 Å². The van der Waals surface area contributed by atoms with E-state index in [1.165, 1.54) is 0 Å². The second kappa shape index (κ2) is 5.36. The number of hydrogen-bond donors (Lipinski definition) is 0. The molecular formula is C9H14N2O3. The van der Waals surface area contributed by atoms with E-state index in [-0.39, 0.29) is 5.97 Å². The van der Waals surface area contributed by atoms with Gasteiger partial charge in [-0.15, -0.1) is 10.2 Å². The highest BCUT2D eigenvalue weighted by Gasteiger charge is 2.05. The van der Waals surface area contributed by atoms with E-state index in [1.54, 1.807) is 13.8 Å². The van der Waals surface area contributed by atoms with E-state index >= 15 is 0 Å². The molecule has 78 valence electrons. The zero-order chi connectivity index (χ0) is 10.4. The zero-order valence-corrected chi connectivity index (χ0v) is 8.45. The number of ether oxygens (including phenoxy) is 1. The Bertz CT molecular complexity index is 296. The predicted molar refractivity (Wildman–Crippen MR) is 48.6 cm³/mol. The Hall–Kier alpha value is -1.39. The second-order valence-electron chi connectivity index (χ2n) is 2.87. The Morgan fingerprint density at radius 3 is 2.86 bits per heavy atom. The van der Waals surface area contributed by atoms with Crippen molar-refractivity contribution in [2.45, 2.75) is 33.1 Å². The summed E-state index contributed by atoms with van der Waals surface area (Å²) in [7, 11) is 0. The zero-order valence-electron chi connectivity index (χ0n) is 8.45. The SMILES string of the molecule is CCOC(=O)CCCc1nnc(C)o1. The molecule has 1 heterocycles. The summed E-state index contributed by atoms with van der Waals surface area (Å²) < 4.78 is 9.93. The molecule has 0 unspecified atom stereocenters. The molecule has 0 N–H and O–H groups in total. The van der Waals surface area contributed by atoms with Crippen LogP contribution in [0.25, 0.3) is 0 Å². The van der Waals surface area contributed by atoms with Crippen LogP contribution in [0.15, 0.2) is 4.42 Å². The van der Waals surface area contributed by atoms with Crippen LogP contribution in [0, 0.1) is 6.92 Å². The molecule has 5 nitrogen and oxygen atoms in total.